The van der Waals surface area contributed by atoms with Crippen LogP contribution in [0.2, 0.25) is 5.02 Å². The first-order valence-corrected chi connectivity index (χ1v) is 8.37. The number of ketones is 1. The number of para-hydroxylation sites is 1. The van der Waals surface area contributed by atoms with Crippen molar-refractivity contribution in [3.05, 3.63) is 76.0 Å². The summed E-state index contributed by atoms with van der Waals surface area (Å²) < 4.78 is 30.1. The highest BCUT2D eigenvalue weighted by Crippen LogP contribution is 2.35. The Morgan fingerprint density at radius 1 is 1.15 bits per heavy atom. The Labute approximate surface area is 159 Å². The summed E-state index contributed by atoms with van der Waals surface area (Å²) in [6.07, 6.45) is 0. The van der Waals surface area contributed by atoms with Gasteiger partial charge in [0, 0.05) is 27.4 Å². The summed E-state index contributed by atoms with van der Waals surface area (Å²) in [7, 11) is 0. The minimum absolute atomic E-state index is 0.117. The fourth-order valence-corrected chi connectivity index (χ4v) is 3.03. The van der Waals surface area contributed by atoms with Gasteiger partial charge in [-0.2, -0.15) is 8.78 Å². The lowest BCUT2D eigenvalue weighted by molar-refractivity contribution is -0.0505. The van der Waals surface area contributed by atoms with Crippen LogP contribution in [0.4, 0.5) is 13.6 Å². The fraction of sp³-hybridized carbons (Fsp3) is 0.158. The lowest BCUT2D eigenvalue weighted by atomic mass is 9.89. The third-order valence-corrected chi connectivity index (χ3v) is 4.32. The number of alkyl halides is 2. The quantitative estimate of drug-likeness (QED) is 0.738. The third kappa shape index (κ3) is 4.09. The normalized spacial score (nSPS) is 16.8. The van der Waals surface area contributed by atoms with Crippen LogP contribution in [0.3, 0.4) is 0 Å². The van der Waals surface area contributed by atoms with Crippen LogP contribution in [0.5, 0.6) is 5.75 Å². The molecule has 0 bridgehead atoms. The average Bonchev–Trinajstić information content (AvgIpc) is 2.61. The number of ether oxygens (including phenoxy) is 1. The van der Waals surface area contributed by atoms with Crippen molar-refractivity contribution in [2.75, 3.05) is 0 Å². The summed E-state index contributed by atoms with van der Waals surface area (Å²) in [5, 5.41) is 5.63. The molecule has 0 saturated carbocycles. The van der Waals surface area contributed by atoms with E-state index in [9.17, 15) is 18.4 Å². The molecule has 2 aromatic rings. The number of nitrogens with one attached hydrogen (secondary N) is 2. The SMILES string of the molecule is CC1=C(C(=O)c2ccc(Cl)cc2)[C@@H](c2ccccc2OC(F)F)NC(=O)N1. The number of halogens is 3. The Morgan fingerprint density at radius 2 is 1.81 bits per heavy atom. The molecule has 0 aromatic heterocycles. The number of Topliss-reactive ketones (excluding diaryl/α,β-unsaturated/α-hetero) is 1. The molecule has 0 fully saturated rings. The molecule has 8 heteroatoms. The average molecular weight is 393 g/mol. The van der Waals surface area contributed by atoms with Gasteiger partial charge in [-0.3, -0.25) is 4.79 Å². The zero-order chi connectivity index (χ0) is 19.6. The number of carbonyl (C=O) groups is 2. The van der Waals surface area contributed by atoms with Crippen LogP contribution in [0.1, 0.15) is 28.9 Å². The van der Waals surface area contributed by atoms with E-state index in [0.29, 0.717) is 16.3 Å². The predicted octanol–water partition coefficient (Wildman–Crippen LogP) is 4.45. The number of urea groups is 1. The van der Waals surface area contributed by atoms with E-state index >= 15 is 0 Å². The molecule has 0 spiro atoms. The number of benzene rings is 2. The van der Waals surface area contributed by atoms with Gasteiger partial charge in [0.2, 0.25) is 0 Å². The van der Waals surface area contributed by atoms with E-state index in [1.165, 1.54) is 18.2 Å². The van der Waals surface area contributed by atoms with Gasteiger partial charge in [-0.25, -0.2) is 4.79 Å². The maximum absolute atomic E-state index is 13.1. The second-order valence-corrected chi connectivity index (χ2v) is 6.26. The van der Waals surface area contributed by atoms with Gasteiger partial charge < -0.3 is 15.4 Å². The van der Waals surface area contributed by atoms with Gasteiger partial charge in [0.15, 0.2) is 5.78 Å². The first-order valence-electron chi connectivity index (χ1n) is 7.99. The monoisotopic (exact) mass is 392 g/mol. The summed E-state index contributed by atoms with van der Waals surface area (Å²) in [5.74, 6) is -0.484. The van der Waals surface area contributed by atoms with E-state index in [1.54, 1.807) is 37.3 Å². The zero-order valence-corrected chi connectivity index (χ0v) is 14.9. The highest BCUT2D eigenvalue weighted by Gasteiger charge is 2.33. The standard InChI is InChI=1S/C19H15ClF2N2O3/c1-10-15(17(25)11-6-8-12(20)9-7-11)16(24-19(26)23-10)13-4-2-3-5-14(13)27-18(21)22/h2-9,16,18H,1H3,(H2,23,24,26)/t16-/m1/s1. The summed E-state index contributed by atoms with van der Waals surface area (Å²) in [4.78, 5) is 25.0. The van der Waals surface area contributed by atoms with Crippen LogP contribution >= 0.6 is 11.6 Å². The van der Waals surface area contributed by atoms with E-state index in [4.69, 9.17) is 11.6 Å². The highest BCUT2D eigenvalue weighted by molar-refractivity contribution is 6.30. The molecule has 2 aromatic carbocycles. The molecule has 1 aliphatic heterocycles. The molecular formula is C19H15ClF2N2O3. The van der Waals surface area contributed by atoms with Crippen LogP contribution in [0, 0.1) is 0 Å². The molecule has 1 atom stereocenters. The van der Waals surface area contributed by atoms with E-state index in [-0.39, 0.29) is 22.7 Å². The minimum atomic E-state index is -3.04. The second-order valence-electron chi connectivity index (χ2n) is 5.82. The lowest BCUT2D eigenvalue weighted by Crippen LogP contribution is -2.45. The summed E-state index contributed by atoms with van der Waals surface area (Å²) in [5.41, 5.74) is 1.16. The molecule has 5 nitrogen and oxygen atoms in total. The van der Waals surface area contributed by atoms with Gasteiger partial charge in [0.1, 0.15) is 5.75 Å². The van der Waals surface area contributed by atoms with Crippen molar-refractivity contribution in [3.63, 3.8) is 0 Å². The van der Waals surface area contributed by atoms with E-state index in [1.807, 2.05) is 0 Å². The first-order chi connectivity index (χ1) is 12.9. The second kappa shape index (κ2) is 7.75. The molecule has 140 valence electrons. The Bertz CT molecular complexity index is 913. The van der Waals surface area contributed by atoms with E-state index in [2.05, 4.69) is 15.4 Å². The predicted molar refractivity (Wildman–Crippen MR) is 96.0 cm³/mol. The molecular weight excluding hydrogens is 378 g/mol. The van der Waals surface area contributed by atoms with E-state index in [0.717, 1.165) is 0 Å². The van der Waals surface area contributed by atoms with Crippen molar-refractivity contribution >= 4 is 23.4 Å². The fourth-order valence-electron chi connectivity index (χ4n) is 2.91. The topological polar surface area (TPSA) is 67.4 Å². The number of allylic oxidation sites excluding steroid dienone is 1. The first kappa shape index (κ1) is 18.8. The van der Waals surface area contributed by atoms with Crippen molar-refractivity contribution in [3.8, 4) is 5.75 Å². The Balaban J connectivity index is 2.08. The van der Waals surface area contributed by atoms with Crippen molar-refractivity contribution in [1.82, 2.24) is 10.6 Å². The Kier molecular flexibility index (Phi) is 5.41. The Morgan fingerprint density at radius 3 is 2.48 bits per heavy atom. The summed E-state index contributed by atoms with van der Waals surface area (Å²) in [6.45, 7) is -1.46. The molecule has 3 rings (SSSR count). The molecule has 0 aliphatic carbocycles. The minimum Gasteiger partial charge on any atom is -0.434 e. The summed E-state index contributed by atoms with van der Waals surface area (Å²) in [6, 6.07) is 10.8. The molecule has 0 radical (unpaired) electrons. The van der Waals surface area contributed by atoms with E-state index < -0.39 is 18.7 Å². The number of hydrogen-bond acceptors (Lipinski definition) is 3. The number of rotatable bonds is 5. The van der Waals surface area contributed by atoms with Crippen LogP contribution in [0.25, 0.3) is 0 Å². The van der Waals surface area contributed by atoms with Gasteiger partial charge in [0.05, 0.1) is 6.04 Å². The molecule has 1 aliphatic rings. The van der Waals surface area contributed by atoms with Gasteiger partial charge >= 0.3 is 12.6 Å². The molecule has 0 unspecified atom stereocenters. The van der Waals surface area contributed by atoms with Crippen LogP contribution in [-0.4, -0.2) is 18.4 Å². The molecule has 27 heavy (non-hydrogen) atoms. The maximum Gasteiger partial charge on any atom is 0.387 e. The third-order valence-electron chi connectivity index (χ3n) is 4.07. The van der Waals surface area contributed by atoms with Crippen LogP contribution in [0.15, 0.2) is 59.8 Å². The summed E-state index contributed by atoms with van der Waals surface area (Å²) >= 11 is 5.86. The van der Waals surface area contributed by atoms with Crippen molar-refractivity contribution in [2.24, 2.45) is 0 Å². The number of hydrogen-bond donors (Lipinski definition) is 2. The zero-order valence-electron chi connectivity index (χ0n) is 14.1. The largest absolute Gasteiger partial charge is 0.434 e. The van der Waals surface area contributed by atoms with Crippen molar-refractivity contribution < 1.29 is 23.1 Å². The molecule has 0 saturated heterocycles. The molecule has 2 N–H and O–H groups in total. The number of amides is 2. The van der Waals surface area contributed by atoms with Gasteiger partial charge in [0.25, 0.3) is 0 Å². The lowest BCUT2D eigenvalue weighted by Gasteiger charge is -2.29. The molecule has 2 amide bonds. The molecule has 1 heterocycles. The highest BCUT2D eigenvalue weighted by atomic mass is 35.5. The smallest absolute Gasteiger partial charge is 0.387 e. The van der Waals surface area contributed by atoms with Gasteiger partial charge in [-0.1, -0.05) is 29.8 Å². The number of carbonyl (C=O) groups excluding carboxylic acids is 2. The maximum atomic E-state index is 13.1. The van der Waals surface area contributed by atoms with Gasteiger partial charge in [-0.05, 0) is 37.3 Å². The van der Waals surface area contributed by atoms with Crippen LogP contribution < -0.4 is 15.4 Å². The van der Waals surface area contributed by atoms with Gasteiger partial charge in [-0.15, -0.1) is 0 Å². The van der Waals surface area contributed by atoms with Crippen molar-refractivity contribution in [2.45, 2.75) is 19.6 Å². The van der Waals surface area contributed by atoms with Crippen LogP contribution in [-0.2, 0) is 0 Å². The van der Waals surface area contributed by atoms with Crippen molar-refractivity contribution in [1.29, 1.82) is 0 Å². The Hall–Kier alpha value is -2.93.